The van der Waals surface area contributed by atoms with E-state index in [1.165, 1.54) is 10.5 Å². The fourth-order valence-electron chi connectivity index (χ4n) is 2.07. The molecule has 0 aromatic heterocycles. The molecule has 0 aliphatic rings. The van der Waals surface area contributed by atoms with E-state index in [-0.39, 0.29) is 0 Å². The van der Waals surface area contributed by atoms with Gasteiger partial charge in [0.2, 0.25) is 0 Å². The first kappa shape index (κ1) is 18.9. The van der Waals surface area contributed by atoms with Crippen LogP contribution in [0.4, 0.5) is 0 Å². The van der Waals surface area contributed by atoms with Gasteiger partial charge in [0.05, 0.1) is 7.11 Å². The van der Waals surface area contributed by atoms with Crippen LogP contribution in [-0.2, 0) is 6.54 Å². The highest BCUT2D eigenvalue weighted by Gasteiger charge is 2.05. The average molecular weight is 381 g/mol. The predicted octanol–water partition coefficient (Wildman–Crippen LogP) is 4.45. The fourth-order valence-corrected chi connectivity index (χ4v) is 3.13. The fraction of sp³-hybridized carbons (Fsp3) is 0.278. The third kappa shape index (κ3) is 6.23. The van der Waals surface area contributed by atoms with E-state index < -0.39 is 0 Å². The lowest BCUT2D eigenvalue weighted by atomic mass is 10.2. The second-order valence-electron chi connectivity index (χ2n) is 5.24. The second-order valence-corrected chi connectivity index (χ2v) is 7.23. The second kappa shape index (κ2) is 9.77. The first-order chi connectivity index (χ1) is 11.6. The Morgan fingerprint density at radius 3 is 2.46 bits per heavy atom. The van der Waals surface area contributed by atoms with Crippen molar-refractivity contribution >= 4 is 40.7 Å². The maximum absolute atomic E-state index is 5.88. The molecule has 0 saturated heterocycles. The Morgan fingerprint density at radius 1 is 1.17 bits per heavy atom. The first-order valence-corrected chi connectivity index (χ1v) is 9.36. The Kier molecular flexibility index (Phi) is 7.69. The number of nitrogens with zero attached hydrogens (tertiary/aromatic N) is 1. The van der Waals surface area contributed by atoms with Crippen molar-refractivity contribution in [3.63, 3.8) is 0 Å². The van der Waals surface area contributed by atoms with E-state index in [9.17, 15) is 0 Å². The van der Waals surface area contributed by atoms with Gasteiger partial charge in [0.25, 0.3) is 0 Å². The van der Waals surface area contributed by atoms with Crippen LogP contribution in [0.2, 0.25) is 5.02 Å². The zero-order valence-corrected chi connectivity index (χ0v) is 16.2. The molecule has 2 aromatic rings. The molecule has 0 heterocycles. The van der Waals surface area contributed by atoms with Crippen LogP contribution in [0.5, 0.6) is 5.75 Å². The summed E-state index contributed by atoms with van der Waals surface area (Å²) >= 11 is 13.1. The minimum atomic E-state index is 0.752. The molecular formula is C18H21ClN2OS2. The SMILES string of the molecule is COc1ccc(CN(C)C(=S)NCCSc2ccc(Cl)cc2)cc1. The maximum atomic E-state index is 5.88. The van der Waals surface area contributed by atoms with E-state index in [0.29, 0.717) is 0 Å². The van der Waals surface area contributed by atoms with Crippen LogP contribution in [0.3, 0.4) is 0 Å². The van der Waals surface area contributed by atoms with E-state index in [4.69, 9.17) is 28.6 Å². The number of methoxy groups -OCH3 is 1. The third-order valence-corrected chi connectivity index (χ3v) is 5.11. The largest absolute Gasteiger partial charge is 0.497 e. The molecule has 0 aliphatic carbocycles. The quantitative estimate of drug-likeness (QED) is 0.434. The van der Waals surface area contributed by atoms with Crippen molar-refractivity contribution in [2.75, 3.05) is 26.5 Å². The topological polar surface area (TPSA) is 24.5 Å². The molecule has 0 spiro atoms. The van der Waals surface area contributed by atoms with Gasteiger partial charge in [-0.1, -0.05) is 23.7 Å². The smallest absolute Gasteiger partial charge is 0.169 e. The van der Waals surface area contributed by atoms with Gasteiger partial charge in [-0.25, -0.2) is 0 Å². The van der Waals surface area contributed by atoms with Gasteiger partial charge in [-0.05, 0) is 54.2 Å². The molecule has 0 aliphatic heterocycles. The summed E-state index contributed by atoms with van der Waals surface area (Å²) < 4.78 is 5.17. The lowest BCUT2D eigenvalue weighted by Crippen LogP contribution is -2.37. The molecular weight excluding hydrogens is 360 g/mol. The molecule has 0 radical (unpaired) electrons. The van der Waals surface area contributed by atoms with Crippen LogP contribution < -0.4 is 10.1 Å². The summed E-state index contributed by atoms with van der Waals surface area (Å²) in [5.74, 6) is 1.80. The number of thiocarbonyl (C=S) groups is 1. The zero-order chi connectivity index (χ0) is 17.4. The summed E-state index contributed by atoms with van der Waals surface area (Å²) in [5.41, 5.74) is 1.19. The van der Waals surface area contributed by atoms with Crippen LogP contribution in [0.15, 0.2) is 53.4 Å². The van der Waals surface area contributed by atoms with Crippen molar-refractivity contribution in [3.8, 4) is 5.75 Å². The highest BCUT2D eigenvalue weighted by molar-refractivity contribution is 7.99. The van der Waals surface area contributed by atoms with Crippen LogP contribution in [0.25, 0.3) is 0 Å². The van der Waals surface area contributed by atoms with Crippen molar-refractivity contribution in [2.24, 2.45) is 0 Å². The van der Waals surface area contributed by atoms with Crippen molar-refractivity contribution in [2.45, 2.75) is 11.4 Å². The molecule has 0 bridgehead atoms. The van der Waals surface area contributed by atoms with Crippen LogP contribution >= 0.6 is 35.6 Å². The van der Waals surface area contributed by atoms with Crippen LogP contribution in [0, 0.1) is 0 Å². The molecule has 0 amide bonds. The number of hydrogen-bond acceptors (Lipinski definition) is 3. The Hall–Kier alpha value is -1.43. The third-order valence-electron chi connectivity index (χ3n) is 3.39. The number of halogens is 1. The van der Waals surface area contributed by atoms with Gasteiger partial charge < -0.3 is 15.0 Å². The van der Waals surface area contributed by atoms with Gasteiger partial charge in [0, 0.05) is 35.8 Å². The molecule has 0 atom stereocenters. The summed E-state index contributed by atoms with van der Waals surface area (Å²) in [6.07, 6.45) is 0. The standard InChI is InChI=1S/C18H21ClN2OS2/c1-21(13-14-3-7-16(22-2)8-4-14)18(23)20-11-12-24-17-9-5-15(19)6-10-17/h3-10H,11-13H2,1-2H3,(H,20,23). The normalized spacial score (nSPS) is 10.3. The number of rotatable bonds is 7. The number of benzene rings is 2. The number of thioether (sulfide) groups is 1. The molecule has 0 saturated carbocycles. The predicted molar refractivity (Wildman–Crippen MR) is 107 cm³/mol. The Balaban J connectivity index is 1.70. The van der Waals surface area contributed by atoms with Crippen molar-refractivity contribution in [3.05, 3.63) is 59.1 Å². The molecule has 2 aromatic carbocycles. The Bertz CT molecular complexity index is 647. The maximum Gasteiger partial charge on any atom is 0.169 e. The van der Waals surface area contributed by atoms with E-state index >= 15 is 0 Å². The summed E-state index contributed by atoms with van der Waals surface area (Å²) in [6.45, 7) is 1.58. The molecule has 128 valence electrons. The number of hydrogen-bond donors (Lipinski definition) is 1. The molecule has 0 unspecified atom stereocenters. The van der Waals surface area contributed by atoms with Crippen molar-refractivity contribution < 1.29 is 4.74 Å². The molecule has 0 fully saturated rings. The van der Waals surface area contributed by atoms with Crippen LogP contribution in [-0.4, -0.2) is 36.5 Å². The molecule has 3 nitrogen and oxygen atoms in total. The lowest BCUT2D eigenvalue weighted by Gasteiger charge is -2.21. The Labute approximate surface area is 158 Å². The van der Waals surface area contributed by atoms with Gasteiger partial charge in [0.15, 0.2) is 5.11 Å². The van der Waals surface area contributed by atoms with Gasteiger partial charge in [0.1, 0.15) is 5.75 Å². The number of ether oxygens (including phenoxy) is 1. The molecule has 1 N–H and O–H groups in total. The van der Waals surface area contributed by atoms with Crippen molar-refractivity contribution in [1.82, 2.24) is 10.2 Å². The summed E-state index contributed by atoms with van der Waals surface area (Å²) in [5, 5.41) is 4.81. The van der Waals surface area contributed by atoms with E-state index in [1.807, 2.05) is 60.5 Å². The minimum absolute atomic E-state index is 0.752. The summed E-state index contributed by atoms with van der Waals surface area (Å²) in [6, 6.07) is 15.9. The zero-order valence-electron chi connectivity index (χ0n) is 13.8. The Morgan fingerprint density at radius 2 is 1.83 bits per heavy atom. The average Bonchev–Trinajstić information content (AvgIpc) is 2.60. The lowest BCUT2D eigenvalue weighted by molar-refractivity contribution is 0.414. The van der Waals surface area contributed by atoms with Gasteiger partial charge in [-0.3, -0.25) is 0 Å². The molecule has 24 heavy (non-hydrogen) atoms. The van der Waals surface area contributed by atoms with Gasteiger partial charge in [-0.15, -0.1) is 11.8 Å². The summed E-state index contributed by atoms with van der Waals surface area (Å²) in [4.78, 5) is 3.24. The van der Waals surface area contributed by atoms with E-state index in [2.05, 4.69) is 5.32 Å². The first-order valence-electron chi connectivity index (χ1n) is 7.59. The highest BCUT2D eigenvalue weighted by atomic mass is 35.5. The van der Waals surface area contributed by atoms with E-state index in [1.54, 1.807) is 18.9 Å². The number of nitrogens with one attached hydrogen (secondary N) is 1. The molecule has 2 rings (SSSR count). The van der Waals surface area contributed by atoms with Gasteiger partial charge in [-0.2, -0.15) is 0 Å². The monoisotopic (exact) mass is 380 g/mol. The van der Waals surface area contributed by atoms with Gasteiger partial charge >= 0.3 is 0 Å². The van der Waals surface area contributed by atoms with E-state index in [0.717, 1.165) is 34.7 Å². The van der Waals surface area contributed by atoms with Crippen molar-refractivity contribution in [1.29, 1.82) is 0 Å². The van der Waals surface area contributed by atoms with Crippen LogP contribution in [0.1, 0.15) is 5.56 Å². The minimum Gasteiger partial charge on any atom is -0.497 e. The summed E-state index contributed by atoms with van der Waals surface area (Å²) in [7, 11) is 3.66. The highest BCUT2D eigenvalue weighted by Crippen LogP contribution is 2.19. The molecule has 6 heteroatoms.